The Kier molecular flexibility index (Phi) is 7.03. The summed E-state index contributed by atoms with van der Waals surface area (Å²) in [6, 6.07) is 11.2. The molecule has 6 atom stereocenters. The molecule has 3 saturated heterocycles. The van der Waals surface area contributed by atoms with Crippen LogP contribution in [0.1, 0.15) is 28.8 Å². The van der Waals surface area contributed by atoms with E-state index in [9.17, 15) is 4.79 Å². The molecule has 3 fully saturated rings. The summed E-state index contributed by atoms with van der Waals surface area (Å²) in [6.07, 6.45) is 0.980. The highest BCUT2D eigenvalue weighted by atomic mass is 79.9. The van der Waals surface area contributed by atoms with Crippen LogP contribution in [0.15, 0.2) is 52.0 Å². The maximum absolute atomic E-state index is 12.9. The highest BCUT2D eigenvalue weighted by Crippen LogP contribution is 2.40. The summed E-state index contributed by atoms with van der Waals surface area (Å²) in [5, 5.41) is 0. The van der Waals surface area contributed by atoms with Crippen molar-refractivity contribution in [2.45, 2.75) is 47.4 Å². The number of benzene rings is 1. The molecule has 6 unspecified atom stereocenters. The van der Waals surface area contributed by atoms with Gasteiger partial charge in [-0.1, -0.05) is 42.1 Å². The number of fused-ring (bicyclic) bond motifs is 1. The molecule has 4 heterocycles. The molecule has 0 bridgehead atoms. The van der Waals surface area contributed by atoms with Gasteiger partial charge in [-0.3, -0.25) is 4.79 Å². The molecule has 0 spiro atoms. The number of ether oxygens (including phenoxy) is 4. The van der Waals surface area contributed by atoms with Crippen LogP contribution < -0.4 is 5.73 Å². The fourth-order valence-electron chi connectivity index (χ4n) is 4.23. The van der Waals surface area contributed by atoms with Gasteiger partial charge >= 0.3 is 0 Å². The molecule has 10 heteroatoms. The molecule has 2 N–H and O–H groups in total. The van der Waals surface area contributed by atoms with Gasteiger partial charge in [0.2, 0.25) is 0 Å². The molecular formula is C23H26BrN3O5S. The van der Waals surface area contributed by atoms with Crippen molar-refractivity contribution < 1.29 is 23.7 Å². The number of likely N-dealkylation sites (tertiary alicyclic amines) is 1. The monoisotopic (exact) mass is 535 g/mol. The van der Waals surface area contributed by atoms with Crippen molar-refractivity contribution in [1.29, 1.82) is 0 Å². The van der Waals surface area contributed by atoms with E-state index in [0.29, 0.717) is 12.3 Å². The summed E-state index contributed by atoms with van der Waals surface area (Å²) >= 11 is 4.87. The molecule has 5 rings (SSSR count). The van der Waals surface area contributed by atoms with Gasteiger partial charge in [0.15, 0.2) is 6.29 Å². The van der Waals surface area contributed by atoms with Gasteiger partial charge in [-0.2, -0.15) is 0 Å². The summed E-state index contributed by atoms with van der Waals surface area (Å²) in [6.45, 7) is 1.86. The Morgan fingerprint density at radius 3 is 2.76 bits per heavy atom. The van der Waals surface area contributed by atoms with E-state index in [1.807, 2.05) is 36.4 Å². The van der Waals surface area contributed by atoms with E-state index in [4.69, 9.17) is 24.7 Å². The maximum Gasteiger partial charge on any atom is 0.273 e. The first-order valence-electron chi connectivity index (χ1n) is 10.9. The van der Waals surface area contributed by atoms with E-state index in [2.05, 4.69) is 20.9 Å². The quantitative estimate of drug-likeness (QED) is 0.624. The number of halogens is 1. The zero-order valence-electron chi connectivity index (χ0n) is 18.1. The predicted octanol–water partition coefficient (Wildman–Crippen LogP) is 2.96. The Morgan fingerprint density at radius 1 is 1.27 bits per heavy atom. The SMILES string of the molecule is COC1C(Sc2cc(Br)cnc2C(=O)N2CCC2)OC2COC(c3ccccc3)OC2C1N. The van der Waals surface area contributed by atoms with Crippen LogP contribution in [0.5, 0.6) is 0 Å². The van der Waals surface area contributed by atoms with Crippen LogP contribution in [0.3, 0.4) is 0 Å². The van der Waals surface area contributed by atoms with Crippen molar-refractivity contribution in [3.8, 4) is 0 Å². The van der Waals surface area contributed by atoms with Gasteiger partial charge in [0.25, 0.3) is 5.91 Å². The molecule has 8 nitrogen and oxygen atoms in total. The lowest BCUT2D eigenvalue weighted by Gasteiger charge is -2.48. The number of hydrogen-bond acceptors (Lipinski definition) is 8. The van der Waals surface area contributed by atoms with Crippen LogP contribution in [0, 0.1) is 0 Å². The lowest BCUT2D eigenvalue weighted by molar-refractivity contribution is -0.298. The van der Waals surface area contributed by atoms with Crippen molar-refractivity contribution in [3.63, 3.8) is 0 Å². The lowest BCUT2D eigenvalue weighted by atomic mass is 9.97. The molecule has 0 saturated carbocycles. The average molecular weight is 536 g/mol. The van der Waals surface area contributed by atoms with Crippen LogP contribution in [-0.4, -0.2) is 72.4 Å². The number of rotatable bonds is 5. The molecule has 0 aliphatic carbocycles. The molecule has 1 aromatic carbocycles. The third kappa shape index (κ3) is 4.70. The minimum Gasteiger partial charge on any atom is -0.376 e. The molecule has 1 amide bonds. The van der Waals surface area contributed by atoms with Crippen molar-refractivity contribution in [2.75, 3.05) is 26.8 Å². The van der Waals surface area contributed by atoms with Crippen LogP contribution in [0.25, 0.3) is 0 Å². The van der Waals surface area contributed by atoms with E-state index in [0.717, 1.165) is 34.4 Å². The Balaban J connectivity index is 1.35. The van der Waals surface area contributed by atoms with Crippen molar-refractivity contribution in [1.82, 2.24) is 9.88 Å². The molecular weight excluding hydrogens is 510 g/mol. The molecule has 3 aliphatic heterocycles. The Labute approximate surface area is 205 Å². The summed E-state index contributed by atoms with van der Waals surface area (Å²) < 4.78 is 25.1. The summed E-state index contributed by atoms with van der Waals surface area (Å²) in [5.41, 5.74) is 7.53. The number of carbonyl (C=O) groups excluding carboxylic acids is 1. The Hall–Kier alpha value is -1.53. The van der Waals surface area contributed by atoms with Gasteiger partial charge in [-0.15, -0.1) is 0 Å². The maximum atomic E-state index is 12.9. The van der Waals surface area contributed by atoms with Gasteiger partial charge in [0.1, 0.15) is 29.4 Å². The van der Waals surface area contributed by atoms with Crippen molar-refractivity contribution in [3.05, 3.63) is 58.3 Å². The lowest BCUT2D eigenvalue weighted by Crippen LogP contribution is -2.64. The zero-order chi connectivity index (χ0) is 22.9. The van der Waals surface area contributed by atoms with E-state index in [1.54, 1.807) is 18.2 Å². The zero-order valence-corrected chi connectivity index (χ0v) is 20.5. The van der Waals surface area contributed by atoms with Gasteiger partial charge < -0.3 is 29.6 Å². The van der Waals surface area contributed by atoms with E-state index in [1.165, 1.54) is 11.8 Å². The second-order valence-corrected chi connectivity index (χ2v) is 10.3. The van der Waals surface area contributed by atoms with E-state index < -0.39 is 23.9 Å². The first-order valence-corrected chi connectivity index (χ1v) is 12.6. The molecule has 176 valence electrons. The minimum absolute atomic E-state index is 0.0711. The Bertz CT molecular complexity index is 995. The smallest absolute Gasteiger partial charge is 0.273 e. The summed E-state index contributed by atoms with van der Waals surface area (Å²) in [7, 11) is 1.61. The molecule has 1 aromatic heterocycles. The number of amides is 1. The highest BCUT2D eigenvalue weighted by Gasteiger charge is 2.49. The summed E-state index contributed by atoms with van der Waals surface area (Å²) in [5.74, 6) is -0.0711. The second-order valence-electron chi connectivity index (χ2n) is 8.26. The van der Waals surface area contributed by atoms with E-state index in [-0.39, 0.29) is 18.1 Å². The van der Waals surface area contributed by atoms with Crippen LogP contribution >= 0.6 is 27.7 Å². The van der Waals surface area contributed by atoms with Crippen molar-refractivity contribution >= 4 is 33.6 Å². The van der Waals surface area contributed by atoms with Gasteiger partial charge in [-0.05, 0) is 28.4 Å². The minimum atomic E-state index is -0.501. The molecule has 2 aromatic rings. The second kappa shape index (κ2) is 9.99. The van der Waals surface area contributed by atoms with E-state index >= 15 is 0 Å². The number of pyridine rings is 1. The third-order valence-electron chi connectivity index (χ3n) is 6.15. The number of nitrogens with two attached hydrogens (primary N) is 1. The van der Waals surface area contributed by atoms with Gasteiger partial charge in [0.05, 0.1) is 12.6 Å². The number of carbonyl (C=O) groups is 1. The van der Waals surface area contributed by atoms with Crippen LogP contribution in [0.4, 0.5) is 0 Å². The first kappa shape index (κ1) is 23.2. The van der Waals surface area contributed by atoms with Gasteiger partial charge in [0, 0.05) is 41.3 Å². The van der Waals surface area contributed by atoms with Crippen LogP contribution in [0.2, 0.25) is 0 Å². The highest BCUT2D eigenvalue weighted by molar-refractivity contribution is 9.10. The fourth-order valence-corrected chi connectivity index (χ4v) is 6.04. The first-order chi connectivity index (χ1) is 16.0. The normalized spacial score (nSPS) is 31.5. The molecule has 33 heavy (non-hydrogen) atoms. The standard InChI is InChI=1S/C23H26BrN3O5S/c1-29-20-17(25)19-15(12-30-22(32-19)13-6-3-2-4-7-13)31-23(20)33-16-10-14(24)11-26-18(16)21(28)27-8-5-9-27/h2-4,6-7,10-11,15,17,19-20,22-23H,5,8-9,12,25H2,1H3. The number of aromatic nitrogens is 1. The molecule has 3 aliphatic rings. The van der Waals surface area contributed by atoms with Gasteiger partial charge in [-0.25, -0.2) is 4.98 Å². The number of hydrogen-bond donors (Lipinski definition) is 1. The largest absolute Gasteiger partial charge is 0.376 e. The van der Waals surface area contributed by atoms with Crippen molar-refractivity contribution in [2.24, 2.45) is 5.73 Å². The predicted molar refractivity (Wildman–Crippen MR) is 126 cm³/mol. The topological polar surface area (TPSA) is 96.1 Å². The molecule has 0 radical (unpaired) electrons. The average Bonchev–Trinajstić information content (AvgIpc) is 2.79. The number of nitrogens with zero attached hydrogens (tertiary/aromatic N) is 2. The fraction of sp³-hybridized carbons (Fsp3) is 0.478. The number of thioether (sulfide) groups is 1. The van der Waals surface area contributed by atoms with Crippen LogP contribution in [-0.2, 0) is 18.9 Å². The third-order valence-corrected chi connectivity index (χ3v) is 7.76. The summed E-state index contributed by atoms with van der Waals surface area (Å²) in [4.78, 5) is 19.8. The number of methoxy groups -OCH3 is 1. The Morgan fingerprint density at radius 2 is 2.06 bits per heavy atom.